The number of hydrogen-bond acceptors (Lipinski definition) is 1. The van der Waals surface area contributed by atoms with Crippen LogP contribution in [0.3, 0.4) is 0 Å². The summed E-state index contributed by atoms with van der Waals surface area (Å²) in [6.45, 7) is 1.49. The van der Waals surface area contributed by atoms with Crippen molar-refractivity contribution in [3.05, 3.63) is 35.9 Å². The summed E-state index contributed by atoms with van der Waals surface area (Å²) in [4.78, 5) is 12.6. The molecule has 0 bridgehead atoms. The molecule has 1 aliphatic carbocycles. The Morgan fingerprint density at radius 1 is 1.11 bits per heavy atom. The first-order chi connectivity index (χ1) is 8.74. The number of rotatable bonds is 1. The molecule has 3 nitrogen and oxygen atoms in total. The monoisotopic (exact) mass is 245 g/mol. The van der Waals surface area contributed by atoms with Gasteiger partial charge in [0.15, 0.2) is 0 Å². The predicted molar refractivity (Wildman–Crippen MR) is 69.6 cm³/mol. The summed E-state index contributed by atoms with van der Waals surface area (Å²) in [6, 6.07) is 10.7. The summed E-state index contributed by atoms with van der Waals surface area (Å²) in [5.41, 5.74) is 1.42. The van der Waals surface area contributed by atoms with Crippen LogP contribution < -0.4 is 0 Å². The SMILES string of the molecule is O=C(O)N1C[C@@H]2CC[C@H](c3ccccc3)C[C@H]2C1. The van der Waals surface area contributed by atoms with E-state index in [1.54, 1.807) is 4.90 Å². The number of carbonyl (C=O) groups is 1. The van der Waals surface area contributed by atoms with Crippen LogP contribution in [0.2, 0.25) is 0 Å². The van der Waals surface area contributed by atoms with Gasteiger partial charge < -0.3 is 10.0 Å². The first-order valence-corrected chi connectivity index (χ1v) is 6.77. The van der Waals surface area contributed by atoms with Crippen molar-refractivity contribution in [2.45, 2.75) is 25.2 Å². The molecule has 0 aromatic heterocycles. The number of amides is 1. The van der Waals surface area contributed by atoms with Crippen LogP contribution in [-0.2, 0) is 0 Å². The molecular weight excluding hydrogens is 226 g/mol. The van der Waals surface area contributed by atoms with Gasteiger partial charge in [0.25, 0.3) is 0 Å². The van der Waals surface area contributed by atoms with Gasteiger partial charge in [0.2, 0.25) is 0 Å². The number of nitrogens with zero attached hydrogens (tertiary/aromatic N) is 1. The van der Waals surface area contributed by atoms with E-state index in [-0.39, 0.29) is 0 Å². The average Bonchev–Trinajstić information content (AvgIpc) is 2.82. The fourth-order valence-electron chi connectivity index (χ4n) is 3.62. The van der Waals surface area contributed by atoms with Crippen molar-refractivity contribution in [1.29, 1.82) is 0 Å². The molecule has 1 saturated heterocycles. The van der Waals surface area contributed by atoms with Crippen molar-refractivity contribution >= 4 is 6.09 Å². The smallest absolute Gasteiger partial charge is 0.407 e. The van der Waals surface area contributed by atoms with Crippen molar-refractivity contribution < 1.29 is 9.90 Å². The van der Waals surface area contributed by atoms with Gasteiger partial charge >= 0.3 is 6.09 Å². The summed E-state index contributed by atoms with van der Waals surface area (Å²) < 4.78 is 0. The maximum Gasteiger partial charge on any atom is 0.407 e. The molecule has 1 aromatic carbocycles. The Hall–Kier alpha value is -1.51. The van der Waals surface area contributed by atoms with Crippen LogP contribution in [0.4, 0.5) is 4.79 Å². The highest BCUT2D eigenvalue weighted by Gasteiger charge is 2.39. The minimum atomic E-state index is -0.749. The van der Waals surface area contributed by atoms with E-state index in [2.05, 4.69) is 30.3 Å². The zero-order valence-electron chi connectivity index (χ0n) is 10.5. The van der Waals surface area contributed by atoms with Crippen LogP contribution in [0.15, 0.2) is 30.3 Å². The van der Waals surface area contributed by atoms with Gasteiger partial charge in [-0.1, -0.05) is 30.3 Å². The van der Waals surface area contributed by atoms with Crippen molar-refractivity contribution in [1.82, 2.24) is 4.90 Å². The summed E-state index contributed by atoms with van der Waals surface area (Å²) in [5.74, 6) is 1.79. The van der Waals surface area contributed by atoms with Crippen LogP contribution in [0.25, 0.3) is 0 Å². The molecule has 2 aliphatic rings. The molecule has 3 heteroatoms. The van der Waals surface area contributed by atoms with Crippen LogP contribution in [0.1, 0.15) is 30.7 Å². The molecule has 1 heterocycles. The Kier molecular flexibility index (Phi) is 2.98. The Bertz CT molecular complexity index is 431. The van der Waals surface area contributed by atoms with E-state index in [9.17, 15) is 4.79 Å². The predicted octanol–water partition coefficient (Wildman–Crippen LogP) is 3.18. The molecule has 0 radical (unpaired) electrons. The van der Waals surface area contributed by atoms with Gasteiger partial charge in [0, 0.05) is 13.1 Å². The molecule has 0 spiro atoms. The normalized spacial score (nSPS) is 31.1. The standard InChI is InChI=1S/C15H19NO2/c17-15(18)16-9-13-7-6-12(8-14(13)10-16)11-4-2-1-3-5-11/h1-5,12-14H,6-10H2,(H,17,18)/t12-,13-,14-/m0/s1. The third-order valence-corrected chi connectivity index (χ3v) is 4.59. The van der Waals surface area contributed by atoms with Crippen LogP contribution in [-0.4, -0.2) is 29.2 Å². The average molecular weight is 245 g/mol. The number of benzene rings is 1. The van der Waals surface area contributed by atoms with Crippen molar-refractivity contribution in [2.24, 2.45) is 11.8 Å². The molecule has 2 fully saturated rings. The zero-order valence-corrected chi connectivity index (χ0v) is 10.5. The second-order valence-corrected chi connectivity index (χ2v) is 5.63. The fraction of sp³-hybridized carbons (Fsp3) is 0.533. The van der Waals surface area contributed by atoms with E-state index in [0.717, 1.165) is 19.5 Å². The Labute approximate surface area is 107 Å². The molecule has 1 aliphatic heterocycles. The number of hydrogen-bond donors (Lipinski definition) is 1. The summed E-state index contributed by atoms with van der Waals surface area (Å²) in [7, 11) is 0. The largest absolute Gasteiger partial charge is 0.465 e. The highest BCUT2D eigenvalue weighted by atomic mass is 16.4. The van der Waals surface area contributed by atoms with Gasteiger partial charge in [0.1, 0.15) is 0 Å². The topological polar surface area (TPSA) is 40.5 Å². The number of likely N-dealkylation sites (tertiary alicyclic amines) is 1. The lowest BCUT2D eigenvalue weighted by Crippen LogP contribution is -2.26. The minimum Gasteiger partial charge on any atom is -0.465 e. The molecule has 1 saturated carbocycles. The molecule has 1 amide bonds. The van der Waals surface area contributed by atoms with E-state index in [1.165, 1.54) is 18.4 Å². The van der Waals surface area contributed by atoms with Gasteiger partial charge in [-0.2, -0.15) is 0 Å². The highest BCUT2D eigenvalue weighted by Crippen LogP contribution is 2.43. The van der Waals surface area contributed by atoms with E-state index >= 15 is 0 Å². The zero-order chi connectivity index (χ0) is 12.5. The summed E-state index contributed by atoms with van der Waals surface area (Å²) in [5, 5.41) is 9.07. The van der Waals surface area contributed by atoms with E-state index in [1.807, 2.05) is 0 Å². The lowest BCUT2D eigenvalue weighted by atomic mass is 9.73. The lowest BCUT2D eigenvalue weighted by Gasteiger charge is -2.31. The fourth-order valence-corrected chi connectivity index (χ4v) is 3.62. The maximum atomic E-state index is 11.0. The molecule has 18 heavy (non-hydrogen) atoms. The van der Waals surface area contributed by atoms with E-state index < -0.39 is 6.09 Å². The van der Waals surface area contributed by atoms with E-state index in [4.69, 9.17) is 5.11 Å². The third-order valence-electron chi connectivity index (χ3n) is 4.59. The van der Waals surface area contributed by atoms with Crippen molar-refractivity contribution in [3.63, 3.8) is 0 Å². The van der Waals surface area contributed by atoms with Crippen molar-refractivity contribution in [3.8, 4) is 0 Å². The van der Waals surface area contributed by atoms with Gasteiger partial charge in [-0.15, -0.1) is 0 Å². The van der Waals surface area contributed by atoms with Crippen LogP contribution >= 0.6 is 0 Å². The van der Waals surface area contributed by atoms with Gasteiger partial charge in [-0.25, -0.2) is 4.79 Å². The summed E-state index contributed by atoms with van der Waals surface area (Å²) in [6.07, 6.45) is 2.78. The van der Waals surface area contributed by atoms with Crippen molar-refractivity contribution in [2.75, 3.05) is 13.1 Å². The Morgan fingerprint density at radius 2 is 1.83 bits per heavy atom. The molecule has 1 N–H and O–H groups in total. The third kappa shape index (κ3) is 2.09. The highest BCUT2D eigenvalue weighted by molar-refractivity contribution is 5.65. The molecule has 3 atom stereocenters. The number of fused-ring (bicyclic) bond motifs is 1. The van der Waals surface area contributed by atoms with E-state index in [0.29, 0.717) is 17.8 Å². The Balaban J connectivity index is 1.69. The maximum absolute atomic E-state index is 11.0. The lowest BCUT2D eigenvalue weighted by molar-refractivity contribution is 0.153. The number of carboxylic acid groups (broad SMARTS) is 1. The van der Waals surface area contributed by atoms with Gasteiger partial charge in [0.05, 0.1) is 0 Å². The second kappa shape index (κ2) is 4.63. The molecule has 3 rings (SSSR count). The van der Waals surface area contributed by atoms with Crippen LogP contribution in [0.5, 0.6) is 0 Å². The molecular formula is C15H19NO2. The first kappa shape index (κ1) is 11.6. The Morgan fingerprint density at radius 3 is 2.56 bits per heavy atom. The van der Waals surface area contributed by atoms with Crippen LogP contribution in [0, 0.1) is 11.8 Å². The molecule has 96 valence electrons. The minimum absolute atomic E-state index is 0.569. The summed E-state index contributed by atoms with van der Waals surface area (Å²) >= 11 is 0. The quantitative estimate of drug-likeness (QED) is 0.825. The van der Waals surface area contributed by atoms with Gasteiger partial charge in [-0.05, 0) is 42.6 Å². The molecule has 0 unspecified atom stereocenters. The second-order valence-electron chi connectivity index (χ2n) is 5.63. The van der Waals surface area contributed by atoms with Gasteiger partial charge in [-0.3, -0.25) is 0 Å². The molecule has 1 aromatic rings. The first-order valence-electron chi connectivity index (χ1n) is 6.77.